The molecule has 34 heavy (non-hydrogen) atoms. The molecule has 2 aromatic rings. The summed E-state index contributed by atoms with van der Waals surface area (Å²) in [5.41, 5.74) is 3.52. The lowest BCUT2D eigenvalue weighted by molar-refractivity contribution is -0.128. The highest BCUT2D eigenvalue weighted by atomic mass is 16.5. The highest BCUT2D eigenvalue weighted by Crippen LogP contribution is 2.22. The molecule has 2 N–H and O–H groups in total. The van der Waals surface area contributed by atoms with Crippen LogP contribution in [-0.2, 0) is 14.3 Å². The van der Waals surface area contributed by atoms with Gasteiger partial charge in [0.2, 0.25) is 11.8 Å². The molecule has 0 bridgehead atoms. The zero-order valence-electron chi connectivity index (χ0n) is 20.2. The molecule has 9 heteroatoms. The number of benzene rings is 1. The van der Waals surface area contributed by atoms with Gasteiger partial charge < -0.3 is 20.3 Å². The van der Waals surface area contributed by atoms with Crippen LogP contribution in [0.15, 0.2) is 30.3 Å². The molecule has 2 unspecified atom stereocenters. The molecular weight excluding hydrogens is 432 g/mol. The van der Waals surface area contributed by atoms with E-state index in [1.54, 1.807) is 0 Å². The first-order valence-corrected chi connectivity index (χ1v) is 11.9. The average molecular weight is 467 g/mol. The van der Waals surface area contributed by atoms with Crippen molar-refractivity contribution in [2.24, 2.45) is 5.92 Å². The first-order chi connectivity index (χ1) is 16.4. The Balaban J connectivity index is 1.26. The SMILES string of the molecule is Cc1cc(C)nc(C(C)Nc2ccc(NC(=O)C3CC(=O)N(CCN4CCOCC4)C3)cc2)n1. The smallest absolute Gasteiger partial charge is 0.229 e. The fourth-order valence-corrected chi connectivity index (χ4v) is 4.41. The van der Waals surface area contributed by atoms with E-state index < -0.39 is 0 Å². The van der Waals surface area contributed by atoms with Crippen molar-refractivity contribution in [3.63, 3.8) is 0 Å². The van der Waals surface area contributed by atoms with Crippen molar-refractivity contribution in [1.82, 2.24) is 19.8 Å². The van der Waals surface area contributed by atoms with Gasteiger partial charge in [-0.05, 0) is 51.1 Å². The van der Waals surface area contributed by atoms with E-state index in [9.17, 15) is 9.59 Å². The number of ether oxygens (including phenoxy) is 1. The summed E-state index contributed by atoms with van der Waals surface area (Å²) < 4.78 is 5.37. The van der Waals surface area contributed by atoms with E-state index in [0.29, 0.717) is 18.8 Å². The van der Waals surface area contributed by atoms with Crippen LogP contribution < -0.4 is 10.6 Å². The number of hydrogen-bond donors (Lipinski definition) is 2. The molecule has 2 aliphatic heterocycles. The largest absolute Gasteiger partial charge is 0.379 e. The molecule has 182 valence electrons. The summed E-state index contributed by atoms with van der Waals surface area (Å²) in [5.74, 6) is 0.367. The van der Waals surface area contributed by atoms with Gasteiger partial charge >= 0.3 is 0 Å². The fraction of sp³-hybridized carbons (Fsp3) is 0.520. The quantitative estimate of drug-likeness (QED) is 0.616. The Bertz CT molecular complexity index is 986. The summed E-state index contributed by atoms with van der Waals surface area (Å²) >= 11 is 0. The van der Waals surface area contributed by atoms with Crippen LogP contribution in [0.3, 0.4) is 0 Å². The summed E-state index contributed by atoms with van der Waals surface area (Å²) in [4.78, 5) is 38.3. The molecule has 1 aromatic carbocycles. The minimum Gasteiger partial charge on any atom is -0.379 e. The molecule has 0 aliphatic carbocycles. The minimum absolute atomic E-state index is 0.0491. The molecule has 2 amide bonds. The molecule has 0 radical (unpaired) electrons. The number of hydrogen-bond acceptors (Lipinski definition) is 7. The van der Waals surface area contributed by atoms with Crippen molar-refractivity contribution in [2.75, 3.05) is 56.6 Å². The second-order valence-corrected chi connectivity index (χ2v) is 9.14. The normalized spacial score (nSPS) is 19.8. The van der Waals surface area contributed by atoms with Crippen LogP contribution >= 0.6 is 0 Å². The molecule has 2 saturated heterocycles. The Morgan fingerprint density at radius 2 is 1.74 bits per heavy atom. The van der Waals surface area contributed by atoms with E-state index in [0.717, 1.165) is 55.7 Å². The van der Waals surface area contributed by atoms with Crippen molar-refractivity contribution in [1.29, 1.82) is 0 Å². The van der Waals surface area contributed by atoms with Gasteiger partial charge in [0.25, 0.3) is 0 Å². The lowest BCUT2D eigenvalue weighted by Crippen LogP contribution is -2.42. The Morgan fingerprint density at radius 1 is 1.09 bits per heavy atom. The van der Waals surface area contributed by atoms with Gasteiger partial charge in [0.1, 0.15) is 0 Å². The van der Waals surface area contributed by atoms with Gasteiger partial charge in [0, 0.05) is 61.9 Å². The van der Waals surface area contributed by atoms with Crippen LogP contribution in [0.5, 0.6) is 0 Å². The molecule has 1 aromatic heterocycles. The molecule has 9 nitrogen and oxygen atoms in total. The number of carbonyl (C=O) groups is 2. The van der Waals surface area contributed by atoms with Crippen molar-refractivity contribution in [2.45, 2.75) is 33.2 Å². The molecule has 2 aliphatic rings. The van der Waals surface area contributed by atoms with Crippen LogP contribution in [0.1, 0.15) is 36.6 Å². The molecule has 4 rings (SSSR count). The maximum absolute atomic E-state index is 12.8. The summed E-state index contributed by atoms with van der Waals surface area (Å²) in [6.45, 7) is 11.2. The Labute approximate surface area is 200 Å². The summed E-state index contributed by atoms with van der Waals surface area (Å²) in [5, 5.41) is 6.36. The maximum atomic E-state index is 12.8. The van der Waals surface area contributed by atoms with Gasteiger partial charge in [0.05, 0.1) is 25.2 Å². The van der Waals surface area contributed by atoms with Crippen molar-refractivity contribution >= 4 is 23.2 Å². The van der Waals surface area contributed by atoms with Crippen LogP contribution in [0.25, 0.3) is 0 Å². The topological polar surface area (TPSA) is 99.7 Å². The third-order valence-electron chi connectivity index (χ3n) is 6.30. The number of carbonyl (C=O) groups excluding carboxylic acids is 2. The van der Waals surface area contributed by atoms with Crippen molar-refractivity contribution in [3.05, 3.63) is 47.5 Å². The number of likely N-dealkylation sites (tertiary alicyclic amines) is 1. The van der Waals surface area contributed by atoms with Gasteiger partial charge in [-0.1, -0.05) is 0 Å². The Kier molecular flexibility index (Phi) is 7.74. The number of nitrogens with zero attached hydrogens (tertiary/aromatic N) is 4. The van der Waals surface area contributed by atoms with Crippen LogP contribution in [0, 0.1) is 19.8 Å². The first-order valence-electron chi connectivity index (χ1n) is 11.9. The van der Waals surface area contributed by atoms with Gasteiger partial charge in [-0.15, -0.1) is 0 Å². The number of aryl methyl sites for hydroxylation is 2. The molecule has 0 saturated carbocycles. The van der Waals surface area contributed by atoms with Gasteiger partial charge in [-0.25, -0.2) is 9.97 Å². The lowest BCUT2D eigenvalue weighted by Gasteiger charge is -2.28. The predicted octanol–water partition coefficient (Wildman–Crippen LogP) is 2.39. The zero-order chi connectivity index (χ0) is 24.1. The first kappa shape index (κ1) is 24.1. The molecule has 0 spiro atoms. The van der Waals surface area contributed by atoms with E-state index in [4.69, 9.17) is 4.74 Å². The fourth-order valence-electron chi connectivity index (χ4n) is 4.41. The van der Waals surface area contributed by atoms with Crippen LogP contribution in [0.4, 0.5) is 11.4 Å². The number of rotatable bonds is 8. The standard InChI is InChI=1S/C25H34N6O3/c1-17-14-18(2)27-24(26-17)19(3)28-21-4-6-22(7-5-21)29-25(33)20-15-23(32)31(16-20)9-8-30-10-12-34-13-11-30/h4-7,14,19-20,28H,8-13,15-16H2,1-3H3,(H,29,33). The van der Waals surface area contributed by atoms with E-state index in [-0.39, 0.29) is 30.2 Å². The third kappa shape index (κ3) is 6.30. The average Bonchev–Trinajstić information content (AvgIpc) is 3.19. The lowest BCUT2D eigenvalue weighted by atomic mass is 10.1. The number of anilines is 2. The number of aromatic nitrogens is 2. The van der Waals surface area contributed by atoms with Gasteiger partial charge in [-0.2, -0.15) is 0 Å². The molecular formula is C25H34N6O3. The second kappa shape index (κ2) is 10.9. The van der Waals surface area contributed by atoms with E-state index in [1.165, 1.54) is 0 Å². The van der Waals surface area contributed by atoms with Gasteiger partial charge in [-0.3, -0.25) is 14.5 Å². The monoisotopic (exact) mass is 466 g/mol. The van der Waals surface area contributed by atoms with Crippen LogP contribution in [0.2, 0.25) is 0 Å². The van der Waals surface area contributed by atoms with E-state index >= 15 is 0 Å². The Morgan fingerprint density at radius 3 is 2.41 bits per heavy atom. The maximum Gasteiger partial charge on any atom is 0.229 e. The second-order valence-electron chi connectivity index (χ2n) is 9.14. The molecule has 3 heterocycles. The third-order valence-corrected chi connectivity index (χ3v) is 6.30. The summed E-state index contributed by atoms with van der Waals surface area (Å²) in [6, 6.07) is 9.47. The predicted molar refractivity (Wildman–Crippen MR) is 131 cm³/mol. The summed E-state index contributed by atoms with van der Waals surface area (Å²) in [7, 11) is 0. The molecule has 2 fully saturated rings. The van der Waals surface area contributed by atoms with Gasteiger partial charge in [0.15, 0.2) is 5.82 Å². The molecule has 2 atom stereocenters. The zero-order valence-corrected chi connectivity index (χ0v) is 20.2. The summed E-state index contributed by atoms with van der Waals surface area (Å²) in [6.07, 6.45) is 0.266. The van der Waals surface area contributed by atoms with E-state index in [2.05, 4.69) is 25.5 Å². The Hall–Kier alpha value is -3.04. The number of amides is 2. The van der Waals surface area contributed by atoms with E-state index in [1.807, 2.05) is 56.0 Å². The number of morpholine rings is 1. The highest BCUT2D eigenvalue weighted by molar-refractivity contribution is 5.97. The highest BCUT2D eigenvalue weighted by Gasteiger charge is 2.34. The van der Waals surface area contributed by atoms with Crippen molar-refractivity contribution in [3.8, 4) is 0 Å². The number of nitrogens with one attached hydrogen (secondary N) is 2. The van der Waals surface area contributed by atoms with Crippen molar-refractivity contribution < 1.29 is 14.3 Å². The van der Waals surface area contributed by atoms with Crippen LogP contribution in [-0.4, -0.2) is 77.5 Å². The minimum atomic E-state index is -0.322.